The van der Waals surface area contributed by atoms with Crippen molar-refractivity contribution in [2.75, 3.05) is 13.2 Å². The molecule has 0 saturated heterocycles. The summed E-state index contributed by atoms with van der Waals surface area (Å²) >= 11 is 0. The molecule has 2 N–H and O–H groups in total. The zero-order chi connectivity index (χ0) is 16.3. The Kier molecular flexibility index (Phi) is 10.1. The molecule has 0 radical (unpaired) electrons. The summed E-state index contributed by atoms with van der Waals surface area (Å²) in [4.78, 5) is 0. The third kappa shape index (κ3) is 7.30. The van der Waals surface area contributed by atoms with E-state index in [1.807, 2.05) is 24.3 Å². The van der Waals surface area contributed by atoms with Crippen LogP contribution in [-0.2, 0) is 13.2 Å². The van der Waals surface area contributed by atoms with E-state index in [0.717, 1.165) is 49.2 Å². The lowest BCUT2D eigenvalue weighted by molar-refractivity contribution is 0.282. The number of rotatable bonds is 10. The van der Waals surface area contributed by atoms with E-state index in [2.05, 4.69) is 5.32 Å². The maximum absolute atomic E-state index is 12.9. The Morgan fingerprint density at radius 3 is 2.46 bits per heavy atom. The van der Waals surface area contributed by atoms with Crippen molar-refractivity contribution >= 4 is 12.4 Å². The number of benzene rings is 2. The first-order chi connectivity index (χ1) is 11.3. The van der Waals surface area contributed by atoms with Crippen molar-refractivity contribution in [3.05, 3.63) is 65.5 Å². The van der Waals surface area contributed by atoms with Gasteiger partial charge in [0.25, 0.3) is 0 Å². The molecule has 0 amide bonds. The molecule has 0 aromatic heterocycles. The van der Waals surface area contributed by atoms with Gasteiger partial charge in [-0.1, -0.05) is 30.3 Å². The van der Waals surface area contributed by atoms with E-state index in [0.29, 0.717) is 6.61 Å². The molecule has 132 valence electrons. The van der Waals surface area contributed by atoms with E-state index in [1.165, 1.54) is 12.1 Å². The van der Waals surface area contributed by atoms with Gasteiger partial charge in [0.2, 0.25) is 0 Å². The van der Waals surface area contributed by atoms with Gasteiger partial charge in [0.05, 0.1) is 0 Å². The highest BCUT2D eigenvalue weighted by atomic mass is 35.5. The highest BCUT2D eigenvalue weighted by Gasteiger charge is 2.03. The van der Waals surface area contributed by atoms with E-state index < -0.39 is 0 Å². The largest absolute Gasteiger partial charge is 0.489 e. The first-order valence-corrected chi connectivity index (χ1v) is 8.06. The smallest absolute Gasteiger partial charge is 0.124 e. The molecule has 24 heavy (non-hydrogen) atoms. The SMILES string of the molecule is Cl.OCCCCCNCc1ccccc1OCc1ccc(F)cc1. The Morgan fingerprint density at radius 2 is 1.71 bits per heavy atom. The van der Waals surface area contributed by atoms with Gasteiger partial charge in [0, 0.05) is 18.7 Å². The lowest BCUT2D eigenvalue weighted by Crippen LogP contribution is -2.15. The molecular formula is C19H25ClFNO2. The molecule has 2 rings (SSSR count). The fourth-order valence-electron chi connectivity index (χ4n) is 2.29. The Hall–Kier alpha value is -1.62. The van der Waals surface area contributed by atoms with Crippen LogP contribution in [0.1, 0.15) is 30.4 Å². The van der Waals surface area contributed by atoms with Gasteiger partial charge in [-0.25, -0.2) is 4.39 Å². The van der Waals surface area contributed by atoms with Crippen molar-refractivity contribution in [3.63, 3.8) is 0 Å². The monoisotopic (exact) mass is 353 g/mol. The molecule has 0 spiro atoms. The fourth-order valence-corrected chi connectivity index (χ4v) is 2.29. The summed E-state index contributed by atoms with van der Waals surface area (Å²) in [5, 5.41) is 12.1. The molecule has 0 heterocycles. The van der Waals surface area contributed by atoms with E-state index in [1.54, 1.807) is 12.1 Å². The third-order valence-electron chi connectivity index (χ3n) is 3.61. The summed E-state index contributed by atoms with van der Waals surface area (Å²) in [6, 6.07) is 14.3. The van der Waals surface area contributed by atoms with Crippen LogP contribution in [0.25, 0.3) is 0 Å². The number of aliphatic hydroxyl groups is 1. The standard InChI is InChI=1S/C19H24FNO2.ClH/c20-18-10-8-16(9-11-18)15-23-19-7-3-2-6-17(19)14-21-12-4-1-5-13-22;/h2-3,6-11,21-22H,1,4-5,12-15H2;1H. The van der Waals surface area contributed by atoms with Crippen LogP contribution in [0.4, 0.5) is 4.39 Å². The minimum Gasteiger partial charge on any atom is -0.489 e. The van der Waals surface area contributed by atoms with Crippen molar-refractivity contribution in [3.8, 4) is 5.75 Å². The van der Waals surface area contributed by atoms with Crippen LogP contribution >= 0.6 is 12.4 Å². The van der Waals surface area contributed by atoms with Crippen LogP contribution in [0.2, 0.25) is 0 Å². The minimum atomic E-state index is -0.237. The number of unbranched alkanes of at least 4 members (excludes halogenated alkanes) is 2. The predicted octanol–water partition coefficient (Wildman–Crippen LogP) is 4.08. The van der Waals surface area contributed by atoms with E-state index in [-0.39, 0.29) is 24.8 Å². The summed E-state index contributed by atoms with van der Waals surface area (Å²) in [5.74, 6) is 0.610. The second-order valence-electron chi connectivity index (χ2n) is 5.48. The number of ether oxygens (including phenoxy) is 1. The average molecular weight is 354 g/mol. The maximum Gasteiger partial charge on any atom is 0.124 e. The Bertz CT molecular complexity index is 578. The molecule has 2 aromatic rings. The van der Waals surface area contributed by atoms with Crippen molar-refractivity contribution in [1.29, 1.82) is 0 Å². The number of hydrogen-bond donors (Lipinski definition) is 2. The van der Waals surface area contributed by atoms with Gasteiger partial charge in [-0.05, 0) is 49.6 Å². The highest BCUT2D eigenvalue weighted by Crippen LogP contribution is 2.19. The van der Waals surface area contributed by atoms with E-state index in [9.17, 15) is 4.39 Å². The predicted molar refractivity (Wildman–Crippen MR) is 97.1 cm³/mol. The van der Waals surface area contributed by atoms with Gasteiger partial charge in [-0.2, -0.15) is 0 Å². The second-order valence-corrected chi connectivity index (χ2v) is 5.48. The maximum atomic E-state index is 12.9. The molecule has 0 aliphatic carbocycles. The molecule has 0 unspecified atom stereocenters. The summed E-state index contributed by atoms with van der Waals surface area (Å²) in [7, 11) is 0. The lowest BCUT2D eigenvalue weighted by Gasteiger charge is -2.12. The van der Waals surface area contributed by atoms with Crippen molar-refractivity contribution in [1.82, 2.24) is 5.32 Å². The summed E-state index contributed by atoms with van der Waals surface area (Å²) in [6.45, 7) is 2.36. The zero-order valence-electron chi connectivity index (χ0n) is 13.7. The number of nitrogens with one attached hydrogen (secondary N) is 1. The van der Waals surface area contributed by atoms with Gasteiger partial charge in [-0.3, -0.25) is 0 Å². The van der Waals surface area contributed by atoms with E-state index in [4.69, 9.17) is 9.84 Å². The second kappa shape index (κ2) is 11.8. The minimum absolute atomic E-state index is 0. The zero-order valence-corrected chi connectivity index (χ0v) is 14.5. The van der Waals surface area contributed by atoms with Gasteiger partial charge in [0.15, 0.2) is 0 Å². The van der Waals surface area contributed by atoms with Gasteiger partial charge in [0.1, 0.15) is 18.2 Å². The molecule has 0 saturated carbocycles. The first-order valence-electron chi connectivity index (χ1n) is 8.06. The quantitative estimate of drug-likeness (QED) is 0.632. The van der Waals surface area contributed by atoms with Crippen molar-refractivity contribution in [2.45, 2.75) is 32.4 Å². The third-order valence-corrected chi connectivity index (χ3v) is 3.61. The van der Waals surface area contributed by atoms with Gasteiger partial charge < -0.3 is 15.2 Å². The molecular weight excluding hydrogens is 329 g/mol. The summed E-state index contributed by atoms with van der Waals surface area (Å²) < 4.78 is 18.8. The van der Waals surface area contributed by atoms with Crippen molar-refractivity contribution in [2.24, 2.45) is 0 Å². The summed E-state index contributed by atoms with van der Waals surface area (Å²) in [6.07, 6.45) is 2.95. The van der Waals surface area contributed by atoms with Gasteiger partial charge in [-0.15, -0.1) is 12.4 Å². The topological polar surface area (TPSA) is 41.5 Å². The lowest BCUT2D eigenvalue weighted by atomic mass is 10.2. The van der Waals surface area contributed by atoms with Crippen LogP contribution in [-0.4, -0.2) is 18.3 Å². The Balaban J connectivity index is 0.00000288. The Morgan fingerprint density at radius 1 is 0.958 bits per heavy atom. The molecule has 0 aliphatic rings. The number of halogens is 2. The molecule has 0 aliphatic heterocycles. The first kappa shape index (κ1) is 20.4. The molecule has 3 nitrogen and oxygen atoms in total. The molecule has 5 heteroatoms. The summed E-state index contributed by atoms with van der Waals surface area (Å²) in [5.41, 5.74) is 2.05. The number of para-hydroxylation sites is 1. The van der Waals surface area contributed by atoms with Crippen LogP contribution < -0.4 is 10.1 Å². The van der Waals surface area contributed by atoms with E-state index >= 15 is 0 Å². The van der Waals surface area contributed by atoms with Crippen LogP contribution in [0.15, 0.2) is 48.5 Å². The van der Waals surface area contributed by atoms with Crippen LogP contribution in [0.5, 0.6) is 5.75 Å². The number of hydrogen-bond acceptors (Lipinski definition) is 3. The van der Waals surface area contributed by atoms with Crippen LogP contribution in [0.3, 0.4) is 0 Å². The van der Waals surface area contributed by atoms with Crippen LogP contribution in [0, 0.1) is 5.82 Å². The fraction of sp³-hybridized carbons (Fsp3) is 0.368. The molecule has 2 aromatic carbocycles. The average Bonchev–Trinajstić information content (AvgIpc) is 2.58. The Labute approximate surface area is 149 Å². The number of aliphatic hydroxyl groups excluding tert-OH is 1. The van der Waals surface area contributed by atoms with Crippen molar-refractivity contribution < 1.29 is 14.2 Å². The highest BCUT2D eigenvalue weighted by molar-refractivity contribution is 5.85. The normalized spacial score (nSPS) is 10.2. The van der Waals surface area contributed by atoms with Gasteiger partial charge >= 0.3 is 0 Å². The molecule has 0 atom stereocenters. The molecule has 0 fully saturated rings. The molecule has 0 bridgehead atoms.